The summed E-state index contributed by atoms with van der Waals surface area (Å²) in [5, 5.41) is 0. The van der Waals surface area contributed by atoms with E-state index in [0.29, 0.717) is 0 Å². The van der Waals surface area contributed by atoms with Crippen LogP contribution in [0.3, 0.4) is 0 Å². The predicted octanol–water partition coefficient (Wildman–Crippen LogP) is 6.40. The summed E-state index contributed by atoms with van der Waals surface area (Å²) in [6, 6.07) is -1.97. The number of hydrogen-bond donors (Lipinski definition) is 0. The van der Waals surface area contributed by atoms with E-state index in [0.717, 1.165) is 0 Å². The van der Waals surface area contributed by atoms with E-state index in [9.17, 15) is 35.1 Å². The van der Waals surface area contributed by atoms with Gasteiger partial charge in [-0.05, 0) is 41.5 Å². The first-order chi connectivity index (χ1) is 16.5. The SMILES string of the molecule is CCO[Si](CCC(F)(F)C(F)(F)C(F)(F)C(F)(F)CC[Si](OCC)(OCC)OCC)(OCC)OCC. The van der Waals surface area contributed by atoms with Crippen molar-refractivity contribution in [2.24, 2.45) is 0 Å². The van der Waals surface area contributed by atoms with Gasteiger partial charge in [-0.25, -0.2) is 0 Å². The summed E-state index contributed by atoms with van der Waals surface area (Å²) < 4.78 is 148. The molecule has 0 fully saturated rings. The van der Waals surface area contributed by atoms with Crippen LogP contribution >= 0.6 is 0 Å². The third-order valence-electron chi connectivity index (χ3n) is 4.99. The lowest BCUT2D eigenvalue weighted by atomic mass is 9.95. The van der Waals surface area contributed by atoms with Crippen molar-refractivity contribution >= 4 is 17.6 Å². The number of halogens is 8. The summed E-state index contributed by atoms with van der Waals surface area (Å²) >= 11 is 0. The van der Waals surface area contributed by atoms with Crippen molar-refractivity contribution in [3.05, 3.63) is 0 Å². The van der Waals surface area contributed by atoms with Gasteiger partial charge in [-0.2, -0.15) is 35.1 Å². The molecule has 6 nitrogen and oxygen atoms in total. The lowest BCUT2D eigenvalue weighted by molar-refractivity contribution is -0.366. The van der Waals surface area contributed by atoms with Gasteiger partial charge in [-0.15, -0.1) is 0 Å². The second-order valence-corrected chi connectivity index (χ2v) is 13.0. The van der Waals surface area contributed by atoms with E-state index in [-0.39, 0.29) is 39.6 Å². The maximum atomic E-state index is 14.5. The van der Waals surface area contributed by atoms with Crippen LogP contribution in [0, 0.1) is 0 Å². The van der Waals surface area contributed by atoms with E-state index in [1.54, 1.807) is 0 Å². The van der Waals surface area contributed by atoms with E-state index in [4.69, 9.17) is 26.6 Å². The maximum Gasteiger partial charge on any atom is 0.501 e. The summed E-state index contributed by atoms with van der Waals surface area (Å²) in [5.41, 5.74) is 0. The lowest BCUT2D eigenvalue weighted by Gasteiger charge is -2.38. The Bertz CT molecular complexity index is 545. The molecule has 0 saturated carbocycles. The third-order valence-corrected chi connectivity index (χ3v) is 11.1. The van der Waals surface area contributed by atoms with E-state index in [2.05, 4.69) is 0 Å². The molecule has 0 atom stereocenters. The van der Waals surface area contributed by atoms with Gasteiger partial charge in [0.2, 0.25) is 0 Å². The van der Waals surface area contributed by atoms with Crippen LogP contribution in [0.2, 0.25) is 12.1 Å². The zero-order valence-electron chi connectivity index (χ0n) is 21.5. The van der Waals surface area contributed by atoms with Gasteiger partial charge in [0.15, 0.2) is 0 Å². The van der Waals surface area contributed by atoms with Crippen molar-refractivity contribution in [1.29, 1.82) is 0 Å². The summed E-state index contributed by atoms with van der Waals surface area (Å²) in [5.74, 6) is -23.9. The van der Waals surface area contributed by atoms with Crippen LogP contribution in [0.25, 0.3) is 0 Å². The summed E-state index contributed by atoms with van der Waals surface area (Å²) in [6.07, 6.45) is -3.85. The molecule has 0 saturated heterocycles. The van der Waals surface area contributed by atoms with Crippen LogP contribution in [-0.2, 0) is 26.6 Å². The highest BCUT2D eigenvalue weighted by Gasteiger charge is 2.80. The minimum Gasteiger partial charge on any atom is -0.374 e. The predicted molar refractivity (Wildman–Crippen MR) is 120 cm³/mol. The largest absolute Gasteiger partial charge is 0.501 e. The first-order valence-electron chi connectivity index (χ1n) is 11.9. The van der Waals surface area contributed by atoms with Crippen LogP contribution < -0.4 is 0 Å². The van der Waals surface area contributed by atoms with Crippen molar-refractivity contribution in [3.8, 4) is 0 Å². The van der Waals surface area contributed by atoms with E-state index < -0.39 is 66.2 Å². The fourth-order valence-electron chi connectivity index (χ4n) is 3.40. The smallest absolute Gasteiger partial charge is 0.374 e. The first-order valence-corrected chi connectivity index (χ1v) is 15.7. The fraction of sp³-hybridized carbons (Fsp3) is 1.00. The Morgan fingerprint density at radius 1 is 0.417 bits per heavy atom. The van der Waals surface area contributed by atoms with Gasteiger partial charge in [-0.1, -0.05) is 0 Å². The Kier molecular flexibility index (Phi) is 14.5. The van der Waals surface area contributed by atoms with Crippen molar-refractivity contribution in [1.82, 2.24) is 0 Å². The Hall–Kier alpha value is -0.366. The maximum absolute atomic E-state index is 14.5. The molecule has 0 heterocycles. The molecule has 0 rings (SSSR count). The molecule has 0 aromatic rings. The highest BCUT2D eigenvalue weighted by Crippen LogP contribution is 2.55. The summed E-state index contributed by atoms with van der Waals surface area (Å²) in [6.45, 7) is 8.28. The Morgan fingerprint density at radius 3 is 0.778 bits per heavy atom. The van der Waals surface area contributed by atoms with Gasteiger partial charge in [-0.3, -0.25) is 0 Å². The average molecular weight is 583 g/mol. The summed E-state index contributed by atoms with van der Waals surface area (Å²) in [4.78, 5) is 0. The number of alkyl halides is 8. The molecule has 218 valence electrons. The van der Waals surface area contributed by atoms with Crippen LogP contribution in [0.1, 0.15) is 54.4 Å². The van der Waals surface area contributed by atoms with Gasteiger partial charge in [0.25, 0.3) is 0 Å². The number of hydrogen-bond acceptors (Lipinski definition) is 6. The van der Waals surface area contributed by atoms with E-state index in [1.165, 1.54) is 41.5 Å². The Labute approximate surface area is 209 Å². The third kappa shape index (κ3) is 8.57. The standard InChI is InChI=1S/C20H38F8O6Si2/c1-7-29-35(30-8-2,31-9-3)15-13-17(21,22)19(25,26)20(27,28)18(23,24)14-16-36(32-10-4,33-11-5)34-12-6/h7-16H2,1-6H3. The molecule has 0 bridgehead atoms. The Morgan fingerprint density at radius 2 is 0.611 bits per heavy atom. The van der Waals surface area contributed by atoms with Gasteiger partial charge in [0, 0.05) is 64.6 Å². The van der Waals surface area contributed by atoms with Crippen LogP contribution in [0.5, 0.6) is 0 Å². The van der Waals surface area contributed by atoms with E-state index in [1.807, 2.05) is 0 Å². The molecule has 0 aliphatic rings. The molecule has 0 aliphatic carbocycles. The normalized spacial score (nSPS) is 14.5. The quantitative estimate of drug-likeness (QED) is 0.115. The molecule has 0 spiro atoms. The van der Waals surface area contributed by atoms with Crippen LogP contribution in [-0.4, -0.2) is 80.9 Å². The zero-order chi connectivity index (χ0) is 28.3. The zero-order valence-corrected chi connectivity index (χ0v) is 23.5. The molecule has 0 aliphatic heterocycles. The first kappa shape index (κ1) is 35.6. The topological polar surface area (TPSA) is 55.4 Å². The highest BCUT2D eigenvalue weighted by molar-refractivity contribution is 6.61. The molecule has 36 heavy (non-hydrogen) atoms. The molecule has 0 aromatic heterocycles. The van der Waals surface area contributed by atoms with Gasteiger partial charge >= 0.3 is 41.3 Å². The van der Waals surface area contributed by atoms with Crippen molar-refractivity contribution < 1.29 is 61.7 Å². The molecule has 16 heteroatoms. The second kappa shape index (κ2) is 14.7. The molecular formula is C20H38F8O6Si2. The van der Waals surface area contributed by atoms with E-state index >= 15 is 0 Å². The minimum atomic E-state index is -6.42. The number of rotatable bonds is 21. The van der Waals surface area contributed by atoms with Gasteiger partial charge < -0.3 is 26.6 Å². The molecule has 0 N–H and O–H groups in total. The summed E-state index contributed by atoms with van der Waals surface area (Å²) in [7, 11) is -7.89. The van der Waals surface area contributed by atoms with Crippen LogP contribution in [0.15, 0.2) is 0 Å². The Balaban J connectivity index is 5.91. The van der Waals surface area contributed by atoms with Crippen molar-refractivity contribution in [2.45, 2.75) is 90.2 Å². The van der Waals surface area contributed by atoms with Crippen LogP contribution in [0.4, 0.5) is 35.1 Å². The monoisotopic (exact) mass is 582 g/mol. The highest BCUT2D eigenvalue weighted by atomic mass is 28.4. The molecule has 0 amide bonds. The molecule has 0 radical (unpaired) electrons. The fourth-order valence-corrected chi connectivity index (χ4v) is 8.64. The molecular weight excluding hydrogens is 544 g/mol. The average Bonchev–Trinajstić information content (AvgIpc) is 2.77. The van der Waals surface area contributed by atoms with Crippen molar-refractivity contribution in [3.63, 3.8) is 0 Å². The van der Waals surface area contributed by atoms with Gasteiger partial charge in [0.1, 0.15) is 0 Å². The van der Waals surface area contributed by atoms with Crippen molar-refractivity contribution in [2.75, 3.05) is 39.6 Å². The minimum absolute atomic E-state index is 0.0897. The molecule has 0 aromatic carbocycles. The molecule has 0 unspecified atom stereocenters. The second-order valence-electron chi connectivity index (χ2n) is 7.52. The lowest BCUT2D eigenvalue weighted by Crippen LogP contribution is -2.63. The van der Waals surface area contributed by atoms with Gasteiger partial charge in [0.05, 0.1) is 0 Å².